The Morgan fingerprint density at radius 2 is 2.05 bits per heavy atom. The van der Waals surface area contributed by atoms with Gasteiger partial charge in [0.15, 0.2) is 27.3 Å². The minimum Gasteiger partial charge on any atom is -0.473 e. The molecule has 0 saturated carbocycles. The van der Waals surface area contributed by atoms with E-state index in [4.69, 9.17) is 14.3 Å². The highest BCUT2D eigenvalue weighted by Crippen LogP contribution is 2.27. The zero-order chi connectivity index (χ0) is 28.7. The number of oxime groups is 1. The molecule has 1 aliphatic heterocycles. The minimum atomic E-state index is -3.50. The summed E-state index contributed by atoms with van der Waals surface area (Å²) in [6, 6.07) is 9.50. The molecule has 1 saturated heterocycles. The van der Waals surface area contributed by atoms with Crippen molar-refractivity contribution in [2.24, 2.45) is 5.16 Å². The summed E-state index contributed by atoms with van der Waals surface area (Å²) in [6.45, 7) is 2.11. The lowest BCUT2D eigenvalue weighted by atomic mass is 10.1. The van der Waals surface area contributed by atoms with Crippen LogP contribution in [0.1, 0.15) is 23.4 Å². The summed E-state index contributed by atoms with van der Waals surface area (Å²) in [4.78, 5) is 32.7. The maximum absolute atomic E-state index is 13.4. The van der Waals surface area contributed by atoms with Gasteiger partial charge in [0, 0.05) is 43.5 Å². The lowest BCUT2D eigenvalue weighted by molar-refractivity contribution is -0.110. The van der Waals surface area contributed by atoms with Crippen molar-refractivity contribution in [1.29, 1.82) is 0 Å². The van der Waals surface area contributed by atoms with Crippen LogP contribution in [0.25, 0.3) is 10.3 Å². The van der Waals surface area contributed by atoms with E-state index in [-0.39, 0.29) is 29.1 Å². The zero-order valence-electron chi connectivity index (χ0n) is 22.1. The van der Waals surface area contributed by atoms with Crippen molar-refractivity contribution in [2.75, 3.05) is 37.9 Å². The number of carbonyl (C=O) groups is 1. The normalized spacial score (nSPS) is 15.7. The number of sulfone groups is 1. The van der Waals surface area contributed by atoms with Crippen LogP contribution in [0.2, 0.25) is 0 Å². The quantitative estimate of drug-likeness (QED) is 0.130. The molecule has 5 rings (SSSR count). The second-order valence-corrected chi connectivity index (χ2v) is 13.1. The zero-order valence-corrected chi connectivity index (χ0v) is 24.6. The molecule has 2 N–H and O–H groups in total. The molecule has 1 atom stereocenters. The Hall–Kier alpha value is -3.50. The summed E-state index contributed by atoms with van der Waals surface area (Å²) < 4.78 is 36.2. The fraction of sp³-hybridized carbons (Fsp3) is 0.346. The third kappa shape index (κ3) is 7.62. The fourth-order valence-corrected chi connectivity index (χ4v) is 6.64. The summed E-state index contributed by atoms with van der Waals surface area (Å²) in [5.74, 6) is -0.121. The first-order valence-electron chi connectivity index (χ1n) is 12.8. The van der Waals surface area contributed by atoms with Gasteiger partial charge in [0.2, 0.25) is 5.88 Å². The average Bonchev–Trinajstić information content (AvgIpc) is 3.74. The summed E-state index contributed by atoms with van der Waals surface area (Å²) in [5, 5.41) is 12.9. The van der Waals surface area contributed by atoms with Crippen molar-refractivity contribution >= 4 is 59.6 Å². The van der Waals surface area contributed by atoms with Crippen LogP contribution in [0.4, 0.5) is 5.13 Å². The monoisotopic (exact) mass is 616 g/mol. The largest absolute Gasteiger partial charge is 0.473 e. The van der Waals surface area contributed by atoms with E-state index >= 15 is 0 Å². The van der Waals surface area contributed by atoms with Crippen LogP contribution in [0, 0.1) is 0 Å². The van der Waals surface area contributed by atoms with Gasteiger partial charge in [-0.1, -0.05) is 28.6 Å². The number of rotatable bonds is 13. The molecule has 1 aliphatic rings. The Balaban J connectivity index is 1.34. The third-order valence-electron chi connectivity index (χ3n) is 6.04. The molecule has 15 heteroatoms. The van der Waals surface area contributed by atoms with Gasteiger partial charge in [-0.15, -0.1) is 11.3 Å². The van der Waals surface area contributed by atoms with Crippen LogP contribution in [0.3, 0.4) is 0 Å². The van der Waals surface area contributed by atoms with E-state index in [9.17, 15) is 13.2 Å². The molecular formula is C26H28N6O6S3. The Morgan fingerprint density at radius 3 is 2.78 bits per heavy atom. The van der Waals surface area contributed by atoms with Gasteiger partial charge in [0.1, 0.15) is 21.5 Å². The standard InChI is InChI=1S/C26H28N6O6S3/c1-36-12-2-14-41(34,35)19-5-3-17(4-6-19)23(32-37-16-22-28-11-13-39-22)24(33)31-26-29-20-7-8-21(30-25(20)40-26)38-18-9-10-27-15-18/h3-8,11,13,18,27H,2,9-10,12,14-16H2,1H3,(H,29,31,33)/b32-23+/t18-/m1/s1. The van der Waals surface area contributed by atoms with E-state index in [2.05, 4.69) is 30.7 Å². The number of fused-ring (bicyclic) bond motifs is 1. The molecule has 1 amide bonds. The van der Waals surface area contributed by atoms with Crippen molar-refractivity contribution in [2.45, 2.75) is 30.4 Å². The summed E-state index contributed by atoms with van der Waals surface area (Å²) in [5.41, 5.74) is 0.941. The number of ether oxygens (including phenoxy) is 2. The molecule has 0 radical (unpaired) electrons. The molecule has 1 aromatic carbocycles. The predicted octanol–water partition coefficient (Wildman–Crippen LogP) is 3.26. The van der Waals surface area contributed by atoms with Crippen molar-refractivity contribution < 1.29 is 27.5 Å². The number of benzene rings is 1. The lowest BCUT2D eigenvalue weighted by Gasteiger charge is -2.10. The molecule has 4 aromatic rings. The van der Waals surface area contributed by atoms with E-state index in [0.717, 1.165) is 19.5 Å². The number of pyridine rings is 1. The number of amides is 1. The Morgan fingerprint density at radius 1 is 1.20 bits per heavy atom. The van der Waals surface area contributed by atoms with Gasteiger partial charge in [0.25, 0.3) is 5.91 Å². The minimum absolute atomic E-state index is 0.0464. The number of nitrogens with one attached hydrogen (secondary N) is 2. The van der Waals surface area contributed by atoms with Crippen LogP contribution >= 0.6 is 22.7 Å². The maximum Gasteiger partial charge on any atom is 0.280 e. The van der Waals surface area contributed by atoms with Crippen LogP contribution < -0.4 is 15.4 Å². The first-order valence-corrected chi connectivity index (χ1v) is 16.1. The Bertz CT molecular complexity index is 1600. The SMILES string of the molecule is COCCCS(=O)(=O)c1ccc(/C(=N\OCc2nccs2)C(=O)Nc2nc3ccc(O[C@@H]4CCNC4)nc3s2)cc1. The van der Waals surface area contributed by atoms with E-state index in [1.165, 1.54) is 54.0 Å². The molecule has 216 valence electrons. The smallest absolute Gasteiger partial charge is 0.280 e. The fourth-order valence-electron chi connectivity index (χ4n) is 4.01. The summed E-state index contributed by atoms with van der Waals surface area (Å²) >= 11 is 2.60. The van der Waals surface area contributed by atoms with E-state index in [0.29, 0.717) is 45.0 Å². The maximum atomic E-state index is 13.4. The number of thiazole rings is 2. The van der Waals surface area contributed by atoms with Gasteiger partial charge in [-0.3, -0.25) is 10.1 Å². The van der Waals surface area contributed by atoms with Gasteiger partial charge in [-0.05, 0) is 37.6 Å². The van der Waals surface area contributed by atoms with Gasteiger partial charge < -0.3 is 19.6 Å². The molecule has 0 bridgehead atoms. The number of hydrogen-bond acceptors (Lipinski definition) is 13. The second kappa shape index (κ2) is 13.4. The number of hydrogen-bond donors (Lipinski definition) is 2. The van der Waals surface area contributed by atoms with Crippen LogP contribution in [-0.2, 0) is 30.8 Å². The molecule has 41 heavy (non-hydrogen) atoms. The van der Waals surface area contributed by atoms with Crippen LogP contribution in [0.5, 0.6) is 5.88 Å². The number of carbonyl (C=O) groups excluding carboxylic acids is 1. The Kier molecular flexibility index (Phi) is 9.51. The van der Waals surface area contributed by atoms with Crippen molar-refractivity contribution in [1.82, 2.24) is 20.3 Å². The molecule has 3 aromatic heterocycles. The van der Waals surface area contributed by atoms with E-state index < -0.39 is 15.7 Å². The van der Waals surface area contributed by atoms with E-state index in [1.54, 1.807) is 18.3 Å². The van der Waals surface area contributed by atoms with Gasteiger partial charge in [-0.2, -0.15) is 0 Å². The molecule has 4 heterocycles. The predicted molar refractivity (Wildman–Crippen MR) is 156 cm³/mol. The van der Waals surface area contributed by atoms with Gasteiger partial charge >= 0.3 is 0 Å². The molecule has 12 nitrogen and oxygen atoms in total. The first kappa shape index (κ1) is 29.0. The Labute approximate surface area is 244 Å². The number of nitrogens with zero attached hydrogens (tertiary/aromatic N) is 4. The molecule has 0 spiro atoms. The number of anilines is 1. The highest BCUT2D eigenvalue weighted by molar-refractivity contribution is 7.91. The number of aromatic nitrogens is 3. The van der Waals surface area contributed by atoms with Crippen molar-refractivity contribution in [3.63, 3.8) is 0 Å². The topological polar surface area (TPSA) is 154 Å². The lowest BCUT2D eigenvalue weighted by Crippen LogP contribution is -2.24. The summed E-state index contributed by atoms with van der Waals surface area (Å²) in [6.07, 6.45) is 3.01. The number of methoxy groups -OCH3 is 1. The first-order chi connectivity index (χ1) is 19.9. The van der Waals surface area contributed by atoms with Crippen LogP contribution in [0.15, 0.2) is 58.0 Å². The molecular weight excluding hydrogens is 589 g/mol. The second-order valence-electron chi connectivity index (χ2n) is 9.01. The van der Waals surface area contributed by atoms with Gasteiger partial charge in [0.05, 0.1) is 10.6 Å². The van der Waals surface area contributed by atoms with Crippen molar-refractivity contribution in [3.8, 4) is 5.88 Å². The molecule has 1 fully saturated rings. The molecule has 0 unspecified atom stereocenters. The van der Waals surface area contributed by atoms with Crippen molar-refractivity contribution in [3.05, 3.63) is 58.5 Å². The summed E-state index contributed by atoms with van der Waals surface area (Å²) in [7, 11) is -1.98. The third-order valence-corrected chi connectivity index (χ3v) is 9.49. The highest BCUT2D eigenvalue weighted by Gasteiger charge is 2.21. The van der Waals surface area contributed by atoms with Crippen LogP contribution in [-0.4, -0.2) is 73.7 Å². The van der Waals surface area contributed by atoms with E-state index in [1.807, 2.05) is 5.38 Å². The molecule has 0 aliphatic carbocycles. The van der Waals surface area contributed by atoms with Gasteiger partial charge in [-0.25, -0.2) is 23.4 Å². The average molecular weight is 617 g/mol. The highest BCUT2D eigenvalue weighted by atomic mass is 32.2.